The Balaban J connectivity index is 2.41. The number of amides is 1. The second-order valence-corrected chi connectivity index (χ2v) is 7.00. The first kappa shape index (κ1) is 18.4. The van der Waals surface area contributed by atoms with Crippen LogP contribution in [-0.4, -0.2) is 36.9 Å². The predicted octanol–water partition coefficient (Wildman–Crippen LogP) is 2.74. The van der Waals surface area contributed by atoms with Gasteiger partial charge < -0.3 is 15.2 Å². The highest BCUT2D eigenvalue weighted by Gasteiger charge is 2.32. The summed E-state index contributed by atoms with van der Waals surface area (Å²) in [6.45, 7) is 10.2. The summed E-state index contributed by atoms with van der Waals surface area (Å²) in [5.41, 5.74) is -0.379. The van der Waals surface area contributed by atoms with Crippen LogP contribution in [0.5, 0.6) is 0 Å². The fourth-order valence-electron chi connectivity index (χ4n) is 3.20. The molecule has 2 N–H and O–H groups in total. The number of carbonyl (C=O) groups is 1. The lowest BCUT2D eigenvalue weighted by Gasteiger charge is -2.31. The van der Waals surface area contributed by atoms with Crippen LogP contribution in [0.3, 0.4) is 0 Å². The van der Waals surface area contributed by atoms with E-state index in [4.69, 9.17) is 4.74 Å². The Hall–Kier alpha value is -0.610. The molecule has 0 aliphatic carbocycles. The average molecular weight is 299 g/mol. The molecule has 4 heteroatoms. The van der Waals surface area contributed by atoms with Crippen molar-refractivity contribution < 1.29 is 14.6 Å². The number of ether oxygens (including phenoxy) is 1. The summed E-state index contributed by atoms with van der Waals surface area (Å²) in [5.74, 6) is 0.895. The molecule has 0 aromatic heterocycles. The summed E-state index contributed by atoms with van der Waals surface area (Å²) in [4.78, 5) is 12.4. The van der Waals surface area contributed by atoms with E-state index in [1.165, 1.54) is 0 Å². The standard InChI is InChI=1S/C17H33NO3/c1-5-14(6-2)15(19)12-18-16(20)17(3,4)11-13-7-9-21-10-8-13/h13-15,19H,5-12H2,1-4H3,(H,18,20). The lowest BCUT2D eigenvalue weighted by Crippen LogP contribution is -2.43. The summed E-state index contributed by atoms with van der Waals surface area (Å²) < 4.78 is 5.37. The first-order valence-electron chi connectivity index (χ1n) is 8.44. The fraction of sp³-hybridized carbons (Fsp3) is 0.941. The zero-order chi connectivity index (χ0) is 15.9. The lowest BCUT2D eigenvalue weighted by atomic mass is 9.79. The van der Waals surface area contributed by atoms with Gasteiger partial charge in [0, 0.05) is 25.2 Å². The molecule has 1 unspecified atom stereocenters. The normalized spacial score (nSPS) is 18.8. The summed E-state index contributed by atoms with van der Waals surface area (Å²) in [7, 11) is 0. The van der Waals surface area contributed by atoms with E-state index in [1.54, 1.807) is 0 Å². The van der Waals surface area contributed by atoms with Gasteiger partial charge in [-0.2, -0.15) is 0 Å². The molecule has 21 heavy (non-hydrogen) atoms. The number of carbonyl (C=O) groups excluding carboxylic acids is 1. The first-order chi connectivity index (χ1) is 9.90. The molecule has 1 rings (SSSR count). The second kappa shape index (κ2) is 8.74. The molecule has 1 fully saturated rings. The molecular weight excluding hydrogens is 266 g/mol. The largest absolute Gasteiger partial charge is 0.391 e. The molecule has 0 saturated carbocycles. The van der Waals surface area contributed by atoms with Crippen LogP contribution in [0.25, 0.3) is 0 Å². The Morgan fingerprint density at radius 3 is 2.38 bits per heavy atom. The van der Waals surface area contributed by atoms with E-state index in [2.05, 4.69) is 19.2 Å². The SMILES string of the molecule is CCC(CC)C(O)CNC(=O)C(C)(C)CC1CCOCC1. The van der Waals surface area contributed by atoms with Crippen molar-refractivity contribution >= 4 is 5.91 Å². The van der Waals surface area contributed by atoms with Gasteiger partial charge in [-0.25, -0.2) is 0 Å². The van der Waals surface area contributed by atoms with Gasteiger partial charge in [0.1, 0.15) is 0 Å². The van der Waals surface area contributed by atoms with Crippen LogP contribution < -0.4 is 5.32 Å². The lowest BCUT2D eigenvalue weighted by molar-refractivity contribution is -0.131. The molecule has 4 nitrogen and oxygen atoms in total. The maximum Gasteiger partial charge on any atom is 0.225 e. The third-order valence-corrected chi connectivity index (χ3v) is 4.82. The van der Waals surface area contributed by atoms with Crippen LogP contribution in [-0.2, 0) is 9.53 Å². The highest BCUT2D eigenvalue weighted by Crippen LogP contribution is 2.31. The number of hydrogen-bond donors (Lipinski definition) is 2. The molecule has 1 heterocycles. The van der Waals surface area contributed by atoms with Crippen molar-refractivity contribution in [2.45, 2.75) is 65.9 Å². The van der Waals surface area contributed by atoms with Gasteiger partial charge in [0.15, 0.2) is 0 Å². The minimum absolute atomic E-state index is 0.0546. The van der Waals surface area contributed by atoms with Gasteiger partial charge in [-0.15, -0.1) is 0 Å². The number of aliphatic hydroxyl groups excluding tert-OH is 1. The number of aliphatic hydroxyl groups is 1. The highest BCUT2D eigenvalue weighted by atomic mass is 16.5. The topological polar surface area (TPSA) is 58.6 Å². The Kier molecular flexibility index (Phi) is 7.67. The molecule has 1 aliphatic rings. The quantitative estimate of drug-likeness (QED) is 0.724. The Bertz CT molecular complexity index is 307. The zero-order valence-electron chi connectivity index (χ0n) is 14.2. The summed E-state index contributed by atoms with van der Waals surface area (Å²) in [5, 5.41) is 13.1. The van der Waals surface area contributed by atoms with E-state index >= 15 is 0 Å². The molecule has 1 aliphatic heterocycles. The Morgan fingerprint density at radius 1 is 1.29 bits per heavy atom. The first-order valence-corrected chi connectivity index (χ1v) is 8.44. The molecule has 1 amide bonds. The predicted molar refractivity (Wildman–Crippen MR) is 85.0 cm³/mol. The van der Waals surface area contributed by atoms with Crippen molar-refractivity contribution in [1.29, 1.82) is 0 Å². The molecule has 0 spiro atoms. The molecule has 0 radical (unpaired) electrons. The van der Waals surface area contributed by atoms with E-state index in [1.807, 2.05) is 13.8 Å². The van der Waals surface area contributed by atoms with Crippen molar-refractivity contribution in [2.24, 2.45) is 17.3 Å². The number of rotatable bonds is 8. The van der Waals surface area contributed by atoms with E-state index in [-0.39, 0.29) is 17.2 Å². The molecule has 124 valence electrons. The minimum Gasteiger partial charge on any atom is -0.391 e. The van der Waals surface area contributed by atoms with Crippen LogP contribution >= 0.6 is 0 Å². The minimum atomic E-state index is -0.442. The van der Waals surface area contributed by atoms with Crippen LogP contribution in [0.15, 0.2) is 0 Å². The van der Waals surface area contributed by atoms with Crippen LogP contribution in [0.2, 0.25) is 0 Å². The van der Waals surface area contributed by atoms with Crippen LogP contribution in [0.1, 0.15) is 59.8 Å². The van der Waals surface area contributed by atoms with Gasteiger partial charge in [0.2, 0.25) is 5.91 Å². The highest BCUT2D eigenvalue weighted by molar-refractivity contribution is 5.81. The van der Waals surface area contributed by atoms with Gasteiger partial charge in [-0.05, 0) is 31.1 Å². The van der Waals surface area contributed by atoms with E-state index in [0.717, 1.165) is 45.3 Å². The van der Waals surface area contributed by atoms with E-state index < -0.39 is 6.10 Å². The van der Waals surface area contributed by atoms with Gasteiger partial charge >= 0.3 is 0 Å². The molecule has 0 bridgehead atoms. The summed E-state index contributed by atoms with van der Waals surface area (Å²) in [6.07, 6.45) is 4.43. The third kappa shape index (κ3) is 5.95. The van der Waals surface area contributed by atoms with Crippen molar-refractivity contribution in [3.8, 4) is 0 Å². The third-order valence-electron chi connectivity index (χ3n) is 4.82. The number of nitrogens with one attached hydrogen (secondary N) is 1. The van der Waals surface area contributed by atoms with Crippen molar-refractivity contribution in [1.82, 2.24) is 5.32 Å². The maximum absolute atomic E-state index is 12.4. The number of hydrogen-bond acceptors (Lipinski definition) is 3. The Morgan fingerprint density at radius 2 is 1.86 bits per heavy atom. The monoisotopic (exact) mass is 299 g/mol. The molecule has 1 saturated heterocycles. The molecular formula is C17H33NO3. The molecule has 0 aromatic carbocycles. The fourth-order valence-corrected chi connectivity index (χ4v) is 3.20. The van der Waals surface area contributed by atoms with Crippen molar-refractivity contribution in [2.75, 3.05) is 19.8 Å². The van der Waals surface area contributed by atoms with Crippen molar-refractivity contribution in [3.63, 3.8) is 0 Å². The van der Waals surface area contributed by atoms with Crippen LogP contribution in [0, 0.1) is 17.3 Å². The zero-order valence-corrected chi connectivity index (χ0v) is 14.2. The van der Waals surface area contributed by atoms with Crippen molar-refractivity contribution in [3.05, 3.63) is 0 Å². The average Bonchev–Trinajstić information content (AvgIpc) is 2.46. The van der Waals surface area contributed by atoms with Gasteiger partial charge in [-0.3, -0.25) is 4.79 Å². The summed E-state index contributed by atoms with van der Waals surface area (Å²) in [6, 6.07) is 0. The maximum atomic E-state index is 12.4. The van der Waals surface area contributed by atoms with Crippen LogP contribution in [0.4, 0.5) is 0 Å². The van der Waals surface area contributed by atoms with E-state index in [0.29, 0.717) is 12.5 Å². The van der Waals surface area contributed by atoms with E-state index in [9.17, 15) is 9.90 Å². The Labute approximate surface area is 129 Å². The van der Waals surface area contributed by atoms with Gasteiger partial charge in [0.25, 0.3) is 0 Å². The smallest absolute Gasteiger partial charge is 0.225 e. The summed E-state index contributed by atoms with van der Waals surface area (Å²) >= 11 is 0. The molecule has 1 atom stereocenters. The molecule has 0 aromatic rings. The van der Waals surface area contributed by atoms with Gasteiger partial charge in [-0.1, -0.05) is 40.5 Å². The second-order valence-electron chi connectivity index (χ2n) is 7.00. The van der Waals surface area contributed by atoms with Gasteiger partial charge in [0.05, 0.1) is 6.10 Å².